The Morgan fingerprint density at radius 3 is 2.56 bits per heavy atom. The first kappa shape index (κ1) is 13.0. The molecule has 5 heteroatoms. The molecule has 2 atom stereocenters. The molecule has 1 rings (SSSR count). The van der Waals surface area contributed by atoms with Gasteiger partial charge in [0.15, 0.2) is 0 Å². The molecule has 0 aromatic heterocycles. The largest absolute Gasteiger partial charge is 0.344 e. The van der Waals surface area contributed by atoms with Crippen molar-refractivity contribution >= 4 is 11.8 Å². The first-order valence-electron chi connectivity index (χ1n) is 5.71. The molecule has 1 aliphatic rings. The third-order valence-corrected chi connectivity index (χ3v) is 3.16. The Kier molecular flexibility index (Phi) is 4.29. The molecule has 0 aromatic rings. The average Bonchev–Trinajstić information content (AvgIpc) is 2.39. The SMILES string of the molecule is CC(N)C(C)C(=O)N1CCCN(C)C(=O)C1. The molecule has 2 unspecified atom stereocenters. The molecule has 0 aromatic carbocycles. The summed E-state index contributed by atoms with van der Waals surface area (Å²) in [5, 5.41) is 0. The van der Waals surface area contributed by atoms with Crippen LogP contribution in [0.5, 0.6) is 0 Å². The highest BCUT2D eigenvalue weighted by Gasteiger charge is 2.27. The lowest BCUT2D eigenvalue weighted by Gasteiger charge is -2.25. The molecule has 0 radical (unpaired) electrons. The van der Waals surface area contributed by atoms with Gasteiger partial charge in [-0.05, 0) is 13.3 Å². The first-order valence-corrected chi connectivity index (χ1v) is 5.71. The van der Waals surface area contributed by atoms with Gasteiger partial charge >= 0.3 is 0 Å². The van der Waals surface area contributed by atoms with Crippen LogP contribution in [0.1, 0.15) is 20.3 Å². The molecule has 1 aliphatic heterocycles. The van der Waals surface area contributed by atoms with Gasteiger partial charge in [0.2, 0.25) is 11.8 Å². The maximum atomic E-state index is 12.0. The minimum Gasteiger partial charge on any atom is -0.344 e. The fourth-order valence-corrected chi connectivity index (χ4v) is 1.69. The molecule has 0 aliphatic carbocycles. The van der Waals surface area contributed by atoms with Gasteiger partial charge < -0.3 is 15.5 Å². The summed E-state index contributed by atoms with van der Waals surface area (Å²) in [6.07, 6.45) is 0.833. The van der Waals surface area contributed by atoms with Crippen molar-refractivity contribution in [1.82, 2.24) is 9.80 Å². The van der Waals surface area contributed by atoms with Crippen molar-refractivity contribution in [3.05, 3.63) is 0 Å². The predicted octanol–water partition coefficient (Wildman–Crippen LogP) is -0.340. The zero-order valence-electron chi connectivity index (χ0n) is 10.3. The van der Waals surface area contributed by atoms with E-state index in [1.165, 1.54) is 0 Å². The predicted molar refractivity (Wildman–Crippen MR) is 61.6 cm³/mol. The second-order valence-electron chi connectivity index (χ2n) is 4.58. The summed E-state index contributed by atoms with van der Waals surface area (Å²) in [7, 11) is 1.77. The Morgan fingerprint density at radius 2 is 2.00 bits per heavy atom. The molecule has 5 nitrogen and oxygen atoms in total. The zero-order chi connectivity index (χ0) is 12.3. The Labute approximate surface area is 96.6 Å². The van der Waals surface area contributed by atoms with Crippen LogP contribution in [0.3, 0.4) is 0 Å². The van der Waals surface area contributed by atoms with E-state index in [0.29, 0.717) is 6.54 Å². The number of nitrogens with zero attached hydrogens (tertiary/aromatic N) is 2. The van der Waals surface area contributed by atoms with Crippen molar-refractivity contribution in [2.75, 3.05) is 26.7 Å². The van der Waals surface area contributed by atoms with Crippen LogP contribution in [0, 0.1) is 5.92 Å². The minimum absolute atomic E-state index is 0.00252. The van der Waals surface area contributed by atoms with Gasteiger partial charge in [0.1, 0.15) is 0 Å². The molecule has 92 valence electrons. The van der Waals surface area contributed by atoms with Gasteiger partial charge in [0.25, 0.3) is 0 Å². The van der Waals surface area contributed by atoms with E-state index in [0.717, 1.165) is 13.0 Å². The number of carbonyl (C=O) groups excluding carboxylic acids is 2. The second kappa shape index (κ2) is 5.30. The molecule has 2 amide bonds. The standard InChI is InChI=1S/C11H21N3O2/c1-8(9(2)12)11(16)14-6-4-5-13(3)10(15)7-14/h8-9H,4-7,12H2,1-3H3. The molecule has 1 fully saturated rings. The lowest BCUT2D eigenvalue weighted by molar-refractivity contribution is -0.140. The normalized spacial score (nSPS) is 21.6. The number of rotatable bonds is 2. The van der Waals surface area contributed by atoms with Gasteiger partial charge in [-0.1, -0.05) is 6.92 Å². The lowest BCUT2D eigenvalue weighted by atomic mass is 10.0. The Balaban J connectivity index is 2.66. The van der Waals surface area contributed by atoms with E-state index in [4.69, 9.17) is 5.73 Å². The van der Waals surface area contributed by atoms with Crippen LogP contribution in [0.2, 0.25) is 0 Å². The third kappa shape index (κ3) is 2.95. The molecule has 0 saturated carbocycles. The van der Waals surface area contributed by atoms with E-state index < -0.39 is 0 Å². The van der Waals surface area contributed by atoms with Crippen molar-refractivity contribution in [3.63, 3.8) is 0 Å². The summed E-state index contributed by atoms with van der Waals surface area (Å²) in [6.45, 7) is 5.17. The van der Waals surface area contributed by atoms with E-state index in [9.17, 15) is 9.59 Å². The summed E-state index contributed by atoms with van der Waals surface area (Å²) in [5.74, 6) is -0.238. The van der Waals surface area contributed by atoms with Crippen LogP contribution in [-0.4, -0.2) is 54.3 Å². The molecule has 16 heavy (non-hydrogen) atoms. The number of hydrogen-bond acceptors (Lipinski definition) is 3. The minimum atomic E-state index is -0.226. The molecular weight excluding hydrogens is 206 g/mol. The van der Waals surface area contributed by atoms with Crippen molar-refractivity contribution < 1.29 is 9.59 Å². The van der Waals surface area contributed by atoms with Crippen LogP contribution in [-0.2, 0) is 9.59 Å². The topological polar surface area (TPSA) is 66.6 Å². The lowest BCUT2D eigenvalue weighted by Crippen LogP contribution is -2.44. The van der Waals surface area contributed by atoms with E-state index in [2.05, 4.69) is 0 Å². The highest BCUT2D eigenvalue weighted by Crippen LogP contribution is 2.10. The summed E-state index contributed by atoms with van der Waals surface area (Å²) >= 11 is 0. The number of amides is 2. The first-order chi connectivity index (χ1) is 7.43. The van der Waals surface area contributed by atoms with Crippen LogP contribution in [0.25, 0.3) is 0 Å². The second-order valence-corrected chi connectivity index (χ2v) is 4.58. The molecule has 0 bridgehead atoms. The Morgan fingerprint density at radius 1 is 1.38 bits per heavy atom. The Hall–Kier alpha value is -1.10. The molecule has 1 heterocycles. The van der Waals surface area contributed by atoms with Gasteiger partial charge in [-0.3, -0.25) is 9.59 Å². The number of hydrogen-bond donors (Lipinski definition) is 1. The average molecular weight is 227 g/mol. The van der Waals surface area contributed by atoms with Crippen molar-refractivity contribution in [2.45, 2.75) is 26.3 Å². The smallest absolute Gasteiger partial charge is 0.241 e. The quantitative estimate of drug-likeness (QED) is 0.702. The molecule has 1 saturated heterocycles. The van der Waals surface area contributed by atoms with E-state index in [1.807, 2.05) is 13.8 Å². The van der Waals surface area contributed by atoms with Crippen LogP contribution < -0.4 is 5.73 Å². The summed E-state index contributed by atoms with van der Waals surface area (Å²) in [5.41, 5.74) is 5.70. The van der Waals surface area contributed by atoms with Crippen LogP contribution in [0.15, 0.2) is 0 Å². The fraction of sp³-hybridized carbons (Fsp3) is 0.818. The maximum absolute atomic E-state index is 12.0. The van der Waals surface area contributed by atoms with Crippen molar-refractivity contribution in [3.8, 4) is 0 Å². The highest BCUT2D eigenvalue weighted by molar-refractivity contribution is 5.86. The van der Waals surface area contributed by atoms with Crippen molar-refractivity contribution in [2.24, 2.45) is 11.7 Å². The van der Waals surface area contributed by atoms with Crippen LogP contribution >= 0.6 is 0 Å². The van der Waals surface area contributed by atoms with Crippen LogP contribution in [0.4, 0.5) is 0 Å². The summed E-state index contributed by atoms with van der Waals surface area (Å²) in [4.78, 5) is 26.9. The zero-order valence-corrected chi connectivity index (χ0v) is 10.3. The van der Waals surface area contributed by atoms with Gasteiger partial charge in [-0.2, -0.15) is 0 Å². The summed E-state index contributed by atoms with van der Waals surface area (Å²) < 4.78 is 0. The maximum Gasteiger partial charge on any atom is 0.241 e. The Bertz CT molecular complexity index is 278. The highest BCUT2D eigenvalue weighted by atomic mass is 16.2. The molecule has 0 spiro atoms. The van der Waals surface area contributed by atoms with Gasteiger partial charge in [-0.15, -0.1) is 0 Å². The summed E-state index contributed by atoms with van der Waals surface area (Å²) in [6, 6.07) is -0.177. The van der Waals surface area contributed by atoms with Gasteiger partial charge in [0, 0.05) is 26.2 Å². The number of nitrogens with two attached hydrogens (primary N) is 1. The van der Waals surface area contributed by atoms with Crippen molar-refractivity contribution in [1.29, 1.82) is 0 Å². The van der Waals surface area contributed by atoms with Gasteiger partial charge in [0.05, 0.1) is 12.5 Å². The monoisotopic (exact) mass is 227 g/mol. The van der Waals surface area contributed by atoms with Gasteiger partial charge in [-0.25, -0.2) is 0 Å². The number of likely N-dealkylation sites (N-methyl/N-ethyl adjacent to an activating group) is 1. The molecular formula is C11H21N3O2. The fourth-order valence-electron chi connectivity index (χ4n) is 1.69. The molecule has 2 N–H and O–H groups in total. The third-order valence-electron chi connectivity index (χ3n) is 3.16. The van der Waals surface area contributed by atoms with E-state index in [-0.39, 0.29) is 30.3 Å². The van der Waals surface area contributed by atoms with E-state index in [1.54, 1.807) is 16.8 Å². The van der Waals surface area contributed by atoms with E-state index >= 15 is 0 Å². The number of carbonyl (C=O) groups is 2.